The number of hydrogen-bond acceptors (Lipinski definition) is 2. The molecule has 0 spiro atoms. The monoisotopic (exact) mass is 301 g/mol. The van der Waals surface area contributed by atoms with Crippen LogP contribution in [0.1, 0.15) is 31.2 Å². The molecule has 0 aliphatic heterocycles. The SMILES string of the molecule is O=C=NC1(c2cc(F)c(F)cc2Br)CCCC1. The Bertz CT molecular complexity index is 492. The van der Waals surface area contributed by atoms with Gasteiger partial charge in [-0.05, 0) is 30.5 Å². The quantitative estimate of drug-likeness (QED) is 0.464. The van der Waals surface area contributed by atoms with Gasteiger partial charge < -0.3 is 0 Å². The van der Waals surface area contributed by atoms with E-state index in [0.717, 1.165) is 25.0 Å². The van der Waals surface area contributed by atoms with Crippen molar-refractivity contribution >= 4 is 22.0 Å². The zero-order valence-electron chi connectivity index (χ0n) is 8.97. The molecule has 0 saturated heterocycles. The Hall–Kier alpha value is -1.06. The third kappa shape index (κ3) is 2.17. The zero-order chi connectivity index (χ0) is 12.5. The molecule has 0 aromatic heterocycles. The van der Waals surface area contributed by atoms with Crippen LogP contribution in [0.15, 0.2) is 21.6 Å². The van der Waals surface area contributed by atoms with E-state index < -0.39 is 17.2 Å². The van der Waals surface area contributed by atoms with Crippen molar-refractivity contribution < 1.29 is 13.6 Å². The third-order valence-corrected chi connectivity index (χ3v) is 3.86. The van der Waals surface area contributed by atoms with E-state index in [1.807, 2.05) is 0 Å². The van der Waals surface area contributed by atoms with Crippen LogP contribution in [0.5, 0.6) is 0 Å². The van der Waals surface area contributed by atoms with Gasteiger partial charge in [-0.3, -0.25) is 0 Å². The van der Waals surface area contributed by atoms with Gasteiger partial charge in [-0.25, -0.2) is 13.6 Å². The second-order valence-electron chi connectivity index (χ2n) is 4.19. The highest BCUT2D eigenvalue weighted by molar-refractivity contribution is 9.10. The lowest BCUT2D eigenvalue weighted by atomic mass is 9.89. The molecular formula is C12H10BrF2NO. The van der Waals surface area contributed by atoms with E-state index in [1.54, 1.807) is 6.08 Å². The van der Waals surface area contributed by atoms with Crippen molar-refractivity contribution in [2.24, 2.45) is 4.99 Å². The molecule has 0 unspecified atom stereocenters. The molecular weight excluding hydrogens is 292 g/mol. The Morgan fingerprint density at radius 2 is 1.82 bits per heavy atom. The summed E-state index contributed by atoms with van der Waals surface area (Å²) in [4.78, 5) is 14.4. The molecule has 2 nitrogen and oxygen atoms in total. The highest BCUT2D eigenvalue weighted by atomic mass is 79.9. The van der Waals surface area contributed by atoms with Crippen molar-refractivity contribution in [2.45, 2.75) is 31.2 Å². The summed E-state index contributed by atoms with van der Waals surface area (Å²) in [5.41, 5.74) is -0.216. The molecule has 5 heteroatoms. The van der Waals surface area contributed by atoms with Gasteiger partial charge in [-0.1, -0.05) is 28.8 Å². The summed E-state index contributed by atoms with van der Waals surface area (Å²) in [6, 6.07) is 2.19. The molecule has 1 aliphatic carbocycles. The summed E-state index contributed by atoms with van der Waals surface area (Å²) in [5, 5.41) is 0. The van der Waals surface area contributed by atoms with Gasteiger partial charge in [-0.15, -0.1) is 0 Å². The largest absolute Gasteiger partial charge is 0.235 e. The minimum atomic E-state index is -0.921. The molecule has 2 rings (SSSR count). The molecule has 0 heterocycles. The van der Waals surface area contributed by atoms with Crippen LogP contribution in [0.3, 0.4) is 0 Å². The number of isocyanates is 1. The Morgan fingerprint density at radius 1 is 1.24 bits per heavy atom. The number of halogens is 3. The van der Waals surface area contributed by atoms with Crippen LogP contribution >= 0.6 is 15.9 Å². The van der Waals surface area contributed by atoms with Crippen molar-refractivity contribution in [2.75, 3.05) is 0 Å². The van der Waals surface area contributed by atoms with E-state index in [0.29, 0.717) is 22.9 Å². The summed E-state index contributed by atoms with van der Waals surface area (Å²) in [6.07, 6.45) is 4.69. The van der Waals surface area contributed by atoms with Gasteiger partial charge in [0.2, 0.25) is 6.08 Å². The van der Waals surface area contributed by atoms with E-state index in [-0.39, 0.29) is 0 Å². The molecule has 90 valence electrons. The summed E-state index contributed by atoms with van der Waals surface area (Å²) >= 11 is 3.20. The molecule has 0 amide bonds. The van der Waals surface area contributed by atoms with Crippen LogP contribution in [0.25, 0.3) is 0 Å². The maximum atomic E-state index is 13.3. The number of nitrogens with zero attached hydrogens (tertiary/aromatic N) is 1. The fourth-order valence-corrected chi connectivity index (χ4v) is 3.05. The summed E-state index contributed by atoms with van der Waals surface area (Å²) in [5.74, 6) is -1.83. The minimum Gasteiger partial charge on any atom is -0.211 e. The highest BCUT2D eigenvalue weighted by Gasteiger charge is 2.37. The number of carbonyl (C=O) groups excluding carboxylic acids is 1. The van der Waals surface area contributed by atoms with E-state index in [2.05, 4.69) is 20.9 Å². The van der Waals surface area contributed by atoms with Gasteiger partial charge in [0.05, 0.1) is 5.54 Å². The molecule has 0 atom stereocenters. The van der Waals surface area contributed by atoms with Crippen molar-refractivity contribution in [1.29, 1.82) is 0 Å². The molecule has 1 aromatic rings. The van der Waals surface area contributed by atoms with Gasteiger partial charge >= 0.3 is 0 Å². The Morgan fingerprint density at radius 3 is 2.41 bits per heavy atom. The van der Waals surface area contributed by atoms with E-state index in [4.69, 9.17) is 0 Å². The Labute approximate surface area is 106 Å². The van der Waals surface area contributed by atoms with Crippen LogP contribution in [-0.4, -0.2) is 6.08 Å². The van der Waals surface area contributed by atoms with Crippen molar-refractivity contribution in [3.05, 3.63) is 33.8 Å². The third-order valence-electron chi connectivity index (χ3n) is 3.20. The lowest BCUT2D eigenvalue weighted by Gasteiger charge is -2.24. The zero-order valence-corrected chi connectivity index (χ0v) is 10.6. The number of rotatable bonds is 2. The molecule has 0 N–H and O–H groups in total. The van der Waals surface area contributed by atoms with Gasteiger partial charge in [0.1, 0.15) is 0 Å². The predicted molar refractivity (Wildman–Crippen MR) is 62.3 cm³/mol. The standard InChI is InChI=1S/C12H10BrF2NO/c13-9-6-11(15)10(14)5-8(9)12(16-7-17)3-1-2-4-12/h5-6H,1-4H2. The summed E-state index contributed by atoms with van der Waals surface area (Å²) < 4.78 is 26.8. The number of hydrogen-bond donors (Lipinski definition) is 0. The van der Waals surface area contributed by atoms with Crippen LogP contribution in [0.2, 0.25) is 0 Å². The van der Waals surface area contributed by atoms with Gasteiger partial charge in [0, 0.05) is 4.47 Å². The first-order chi connectivity index (χ1) is 8.09. The average molecular weight is 302 g/mol. The van der Waals surface area contributed by atoms with Crippen molar-refractivity contribution in [1.82, 2.24) is 0 Å². The van der Waals surface area contributed by atoms with E-state index in [1.165, 1.54) is 0 Å². The fraction of sp³-hybridized carbons (Fsp3) is 0.417. The number of aliphatic imine (C=N–C) groups is 1. The van der Waals surface area contributed by atoms with Crippen molar-refractivity contribution in [3.8, 4) is 0 Å². The number of benzene rings is 1. The predicted octanol–water partition coefficient (Wildman–Crippen LogP) is 3.83. The summed E-state index contributed by atoms with van der Waals surface area (Å²) in [6.45, 7) is 0. The van der Waals surface area contributed by atoms with Crippen molar-refractivity contribution in [3.63, 3.8) is 0 Å². The van der Waals surface area contributed by atoms with Gasteiger partial charge in [0.15, 0.2) is 11.6 Å². The van der Waals surface area contributed by atoms with Crippen LogP contribution < -0.4 is 0 Å². The Balaban J connectivity index is 2.57. The fourth-order valence-electron chi connectivity index (χ4n) is 2.37. The molecule has 1 saturated carbocycles. The summed E-state index contributed by atoms with van der Waals surface area (Å²) in [7, 11) is 0. The minimum absolute atomic E-state index is 0.442. The lowest BCUT2D eigenvalue weighted by Crippen LogP contribution is -2.20. The van der Waals surface area contributed by atoms with E-state index in [9.17, 15) is 13.6 Å². The maximum absolute atomic E-state index is 13.3. The molecule has 1 aromatic carbocycles. The molecule has 0 radical (unpaired) electrons. The topological polar surface area (TPSA) is 29.4 Å². The second kappa shape index (κ2) is 4.67. The van der Waals surface area contributed by atoms with Gasteiger partial charge in [-0.2, -0.15) is 4.99 Å². The van der Waals surface area contributed by atoms with Crippen LogP contribution in [0, 0.1) is 11.6 Å². The normalized spacial score (nSPS) is 17.8. The smallest absolute Gasteiger partial charge is 0.211 e. The van der Waals surface area contributed by atoms with Crippen LogP contribution in [0.4, 0.5) is 8.78 Å². The molecule has 17 heavy (non-hydrogen) atoms. The first kappa shape index (κ1) is 12.4. The highest BCUT2D eigenvalue weighted by Crippen LogP contribution is 2.45. The van der Waals surface area contributed by atoms with Gasteiger partial charge in [0.25, 0.3) is 0 Å². The first-order valence-electron chi connectivity index (χ1n) is 5.33. The second-order valence-corrected chi connectivity index (χ2v) is 5.04. The lowest BCUT2D eigenvalue weighted by molar-refractivity contribution is 0.443. The molecule has 1 fully saturated rings. The Kier molecular flexibility index (Phi) is 3.40. The average Bonchev–Trinajstić information content (AvgIpc) is 2.73. The maximum Gasteiger partial charge on any atom is 0.235 e. The molecule has 0 bridgehead atoms. The first-order valence-corrected chi connectivity index (χ1v) is 6.12. The van der Waals surface area contributed by atoms with E-state index >= 15 is 0 Å². The molecule has 1 aliphatic rings. The van der Waals surface area contributed by atoms with Crippen LogP contribution in [-0.2, 0) is 10.3 Å².